The lowest BCUT2D eigenvalue weighted by Gasteiger charge is -2.37. The lowest BCUT2D eigenvalue weighted by molar-refractivity contribution is 0.0526. The van der Waals surface area contributed by atoms with Crippen molar-refractivity contribution in [1.29, 1.82) is 0 Å². The van der Waals surface area contributed by atoms with E-state index in [0.717, 1.165) is 37.6 Å². The Bertz CT molecular complexity index is 788. The second kappa shape index (κ2) is 8.81. The maximum Gasteiger partial charge on any atom is 0.338 e. The van der Waals surface area contributed by atoms with Gasteiger partial charge in [-0.2, -0.15) is 0 Å². The smallest absolute Gasteiger partial charge is 0.338 e. The van der Waals surface area contributed by atoms with E-state index in [0.29, 0.717) is 17.3 Å². The van der Waals surface area contributed by atoms with Crippen molar-refractivity contribution in [2.45, 2.75) is 6.92 Å². The van der Waals surface area contributed by atoms with E-state index in [2.05, 4.69) is 15.1 Å². The maximum atomic E-state index is 13.1. The Balaban J connectivity index is 1.52. The normalized spacial score (nSPS) is 14.0. The van der Waals surface area contributed by atoms with Crippen LogP contribution in [0.15, 0.2) is 48.5 Å². The lowest BCUT2D eigenvalue weighted by atomic mass is 10.2. The van der Waals surface area contributed by atoms with Crippen LogP contribution in [0.25, 0.3) is 0 Å². The summed E-state index contributed by atoms with van der Waals surface area (Å²) in [5.74, 6) is -0.555. The number of esters is 1. The Morgan fingerprint density at radius 1 is 1.07 bits per heavy atom. The number of halogens is 1. The van der Waals surface area contributed by atoms with Crippen LogP contribution in [-0.2, 0) is 4.74 Å². The van der Waals surface area contributed by atoms with Crippen LogP contribution in [0.4, 0.5) is 15.8 Å². The van der Waals surface area contributed by atoms with Crippen molar-refractivity contribution in [1.82, 2.24) is 4.90 Å². The predicted molar refractivity (Wildman–Crippen MR) is 109 cm³/mol. The topological polar surface area (TPSA) is 44.8 Å². The molecule has 0 atom stereocenters. The van der Waals surface area contributed by atoms with Gasteiger partial charge in [0.25, 0.3) is 0 Å². The Morgan fingerprint density at radius 2 is 1.70 bits per heavy atom. The van der Waals surface area contributed by atoms with Gasteiger partial charge in [-0.05, 0) is 67.7 Å². The third kappa shape index (κ3) is 4.95. The second-order valence-corrected chi connectivity index (χ2v) is 6.57. The summed E-state index contributed by atoms with van der Waals surface area (Å²) in [7, 11) is 0. The van der Waals surface area contributed by atoms with Gasteiger partial charge in [0.05, 0.1) is 12.2 Å². The predicted octanol–water partition coefficient (Wildman–Crippen LogP) is 3.52. The minimum Gasteiger partial charge on any atom is -0.462 e. The van der Waals surface area contributed by atoms with E-state index in [-0.39, 0.29) is 11.8 Å². The molecule has 1 aliphatic heterocycles. The highest BCUT2D eigenvalue weighted by atomic mass is 32.1. The standard InChI is InChI=1S/C20H22FN3O2S/c1-2-26-19(25)15-3-7-17(8-4-15)22-20(27)24-13-11-23(12-14-24)18-9-5-16(21)6-10-18/h3-10H,2,11-14H2,1H3,(H,22,27). The molecule has 0 radical (unpaired) electrons. The highest BCUT2D eigenvalue weighted by Crippen LogP contribution is 2.18. The second-order valence-electron chi connectivity index (χ2n) is 6.18. The van der Waals surface area contributed by atoms with E-state index in [9.17, 15) is 9.18 Å². The molecule has 0 aliphatic carbocycles. The summed E-state index contributed by atoms with van der Waals surface area (Å²) in [5.41, 5.74) is 2.36. The minimum atomic E-state index is -0.330. The number of thiocarbonyl (C=S) groups is 1. The molecule has 142 valence electrons. The van der Waals surface area contributed by atoms with Gasteiger partial charge in [0, 0.05) is 37.6 Å². The third-order valence-corrected chi connectivity index (χ3v) is 4.77. The first-order chi connectivity index (χ1) is 13.1. The van der Waals surface area contributed by atoms with E-state index in [1.54, 1.807) is 31.2 Å². The van der Waals surface area contributed by atoms with E-state index < -0.39 is 0 Å². The summed E-state index contributed by atoms with van der Waals surface area (Å²) in [4.78, 5) is 16.0. The van der Waals surface area contributed by atoms with Crippen molar-refractivity contribution >= 4 is 34.7 Å². The summed E-state index contributed by atoms with van der Waals surface area (Å²) in [6.07, 6.45) is 0. The average Bonchev–Trinajstić information content (AvgIpc) is 2.69. The summed E-state index contributed by atoms with van der Waals surface area (Å²) < 4.78 is 18.0. The molecule has 1 saturated heterocycles. The molecule has 2 aromatic carbocycles. The fourth-order valence-electron chi connectivity index (χ4n) is 2.93. The van der Waals surface area contributed by atoms with Gasteiger partial charge < -0.3 is 19.9 Å². The molecule has 3 rings (SSSR count). The van der Waals surface area contributed by atoms with Crippen LogP contribution < -0.4 is 10.2 Å². The van der Waals surface area contributed by atoms with Crippen molar-refractivity contribution < 1.29 is 13.9 Å². The molecule has 27 heavy (non-hydrogen) atoms. The summed E-state index contributed by atoms with van der Waals surface area (Å²) >= 11 is 5.51. The van der Waals surface area contributed by atoms with Crippen LogP contribution in [0.5, 0.6) is 0 Å². The molecule has 0 unspecified atom stereocenters. The molecule has 1 N–H and O–H groups in total. The first kappa shape index (κ1) is 19.1. The molecule has 5 nitrogen and oxygen atoms in total. The highest BCUT2D eigenvalue weighted by molar-refractivity contribution is 7.80. The number of rotatable bonds is 4. The van der Waals surface area contributed by atoms with Crippen LogP contribution in [0.3, 0.4) is 0 Å². The lowest BCUT2D eigenvalue weighted by Crippen LogP contribution is -2.50. The molecule has 2 aromatic rings. The van der Waals surface area contributed by atoms with Crippen LogP contribution in [0.1, 0.15) is 17.3 Å². The first-order valence-electron chi connectivity index (χ1n) is 8.90. The Kier molecular flexibility index (Phi) is 6.24. The van der Waals surface area contributed by atoms with Crippen LogP contribution >= 0.6 is 12.2 Å². The van der Waals surface area contributed by atoms with Crippen molar-refractivity contribution in [2.24, 2.45) is 0 Å². The Morgan fingerprint density at radius 3 is 2.30 bits per heavy atom. The quantitative estimate of drug-likeness (QED) is 0.640. The fraction of sp³-hybridized carbons (Fsp3) is 0.300. The Hall–Kier alpha value is -2.67. The first-order valence-corrected chi connectivity index (χ1v) is 9.31. The molecule has 1 fully saturated rings. The van der Waals surface area contributed by atoms with Gasteiger partial charge in [0.1, 0.15) is 5.82 Å². The summed E-state index contributed by atoms with van der Waals surface area (Å²) in [6.45, 7) is 5.33. The van der Waals surface area contributed by atoms with E-state index >= 15 is 0 Å². The average molecular weight is 387 g/mol. The van der Waals surface area contributed by atoms with Gasteiger partial charge in [0.15, 0.2) is 5.11 Å². The molecule has 0 bridgehead atoms. The largest absolute Gasteiger partial charge is 0.462 e. The van der Waals surface area contributed by atoms with Gasteiger partial charge in [-0.15, -0.1) is 0 Å². The molecule has 0 saturated carbocycles. The number of hydrogen-bond donors (Lipinski definition) is 1. The third-order valence-electron chi connectivity index (χ3n) is 4.41. The monoisotopic (exact) mass is 387 g/mol. The molecule has 1 aliphatic rings. The van der Waals surface area contributed by atoms with Crippen molar-refractivity contribution in [3.63, 3.8) is 0 Å². The number of carbonyl (C=O) groups excluding carboxylic acids is 1. The highest BCUT2D eigenvalue weighted by Gasteiger charge is 2.19. The minimum absolute atomic E-state index is 0.225. The number of piperazine rings is 1. The molecule has 0 aromatic heterocycles. The van der Waals surface area contributed by atoms with E-state index in [1.165, 1.54) is 12.1 Å². The molecular weight excluding hydrogens is 365 g/mol. The summed E-state index contributed by atoms with van der Waals surface area (Å²) in [6, 6.07) is 13.6. The van der Waals surface area contributed by atoms with Gasteiger partial charge in [0.2, 0.25) is 0 Å². The molecule has 7 heteroatoms. The zero-order chi connectivity index (χ0) is 19.2. The zero-order valence-corrected chi connectivity index (χ0v) is 16.0. The van der Waals surface area contributed by atoms with Gasteiger partial charge in [-0.1, -0.05) is 0 Å². The number of ether oxygens (including phenoxy) is 1. The molecule has 0 spiro atoms. The zero-order valence-electron chi connectivity index (χ0n) is 15.2. The van der Waals surface area contributed by atoms with Crippen molar-refractivity contribution in [2.75, 3.05) is 43.0 Å². The van der Waals surface area contributed by atoms with Crippen LogP contribution in [-0.4, -0.2) is 48.8 Å². The number of hydrogen-bond acceptors (Lipinski definition) is 4. The van der Waals surface area contributed by atoms with Gasteiger partial charge in [-0.3, -0.25) is 0 Å². The number of anilines is 2. The van der Waals surface area contributed by atoms with Crippen molar-refractivity contribution in [3.05, 3.63) is 59.9 Å². The van der Waals surface area contributed by atoms with Gasteiger partial charge in [-0.25, -0.2) is 9.18 Å². The van der Waals surface area contributed by atoms with Crippen LogP contribution in [0.2, 0.25) is 0 Å². The summed E-state index contributed by atoms with van der Waals surface area (Å²) in [5, 5.41) is 3.86. The SMILES string of the molecule is CCOC(=O)c1ccc(NC(=S)N2CCN(c3ccc(F)cc3)CC2)cc1. The fourth-order valence-corrected chi connectivity index (χ4v) is 3.23. The number of nitrogens with one attached hydrogen (secondary N) is 1. The number of benzene rings is 2. The van der Waals surface area contributed by atoms with E-state index in [4.69, 9.17) is 17.0 Å². The van der Waals surface area contributed by atoms with Gasteiger partial charge >= 0.3 is 5.97 Å². The molecule has 0 amide bonds. The number of nitrogens with zero attached hydrogens (tertiary/aromatic N) is 2. The van der Waals surface area contributed by atoms with Crippen LogP contribution in [0, 0.1) is 5.82 Å². The molecular formula is C20H22FN3O2S. The molecule has 1 heterocycles. The Labute approximate surface area is 163 Å². The maximum absolute atomic E-state index is 13.1. The van der Waals surface area contributed by atoms with Crippen molar-refractivity contribution in [3.8, 4) is 0 Å². The van der Waals surface area contributed by atoms with E-state index in [1.807, 2.05) is 12.1 Å². The number of carbonyl (C=O) groups is 1.